The number of amides is 1. The molecule has 0 aliphatic heterocycles. The molecule has 1 unspecified atom stereocenters. The van der Waals surface area contributed by atoms with Gasteiger partial charge in [-0.05, 0) is 17.7 Å². The average Bonchev–Trinajstić information content (AvgIpc) is 3.27. The molecular weight excluding hydrogens is 422 g/mol. The van der Waals surface area contributed by atoms with E-state index in [1.54, 1.807) is 18.2 Å². The number of nitrogens with one attached hydrogen (secondary N) is 2. The van der Waals surface area contributed by atoms with Crippen LogP contribution in [-0.2, 0) is 11.3 Å². The van der Waals surface area contributed by atoms with Crippen LogP contribution >= 0.6 is 11.6 Å². The average molecular weight is 440 g/mol. The molecule has 0 aliphatic rings. The zero-order valence-electron chi connectivity index (χ0n) is 16.2. The van der Waals surface area contributed by atoms with Gasteiger partial charge in [-0.1, -0.05) is 48.0 Å². The maximum Gasteiger partial charge on any atom is 0.405 e. The summed E-state index contributed by atoms with van der Waals surface area (Å²) in [6.45, 7) is 0.228. The summed E-state index contributed by atoms with van der Waals surface area (Å²) in [5.41, 5.74) is 1.25. The minimum atomic E-state index is -1.27. The Morgan fingerprint density at radius 3 is 2.74 bits per heavy atom. The number of halogens is 1. The maximum absolute atomic E-state index is 13.3. The molecule has 0 aliphatic carbocycles. The van der Waals surface area contributed by atoms with Gasteiger partial charge in [0.25, 0.3) is 5.56 Å². The molecule has 31 heavy (non-hydrogen) atoms. The third kappa shape index (κ3) is 4.42. The van der Waals surface area contributed by atoms with Gasteiger partial charge in [-0.2, -0.15) is 5.10 Å². The molecule has 0 saturated carbocycles. The molecule has 9 nitrogen and oxygen atoms in total. The van der Waals surface area contributed by atoms with Crippen LogP contribution in [0.1, 0.15) is 17.4 Å². The first-order valence-electron chi connectivity index (χ1n) is 9.36. The van der Waals surface area contributed by atoms with Gasteiger partial charge in [-0.15, -0.1) is 0 Å². The molecule has 1 atom stereocenters. The van der Waals surface area contributed by atoms with Gasteiger partial charge in [0.1, 0.15) is 11.9 Å². The third-order valence-electron chi connectivity index (χ3n) is 4.62. The van der Waals surface area contributed by atoms with Crippen LogP contribution in [0, 0.1) is 0 Å². The van der Waals surface area contributed by atoms with Crippen molar-refractivity contribution in [2.75, 3.05) is 6.61 Å². The standard InChI is InChI=1S/C21H18ClN5O4/c22-15-7-4-8-16-18(15)20(28)27(14-9-23-24-10-14)19(25-16)17(26-21(29)30)12-31-11-13-5-2-1-3-6-13/h1-10,17,26H,11-12H2,(H,23,24)(H,29,30). The Labute approximate surface area is 181 Å². The van der Waals surface area contributed by atoms with Crippen molar-refractivity contribution in [2.24, 2.45) is 0 Å². The summed E-state index contributed by atoms with van der Waals surface area (Å²) in [5.74, 6) is 0.164. The van der Waals surface area contributed by atoms with E-state index in [-0.39, 0.29) is 29.4 Å². The Hall–Kier alpha value is -3.69. The first-order valence-corrected chi connectivity index (χ1v) is 9.74. The van der Waals surface area contributed by atoms with Gasteiger partial charge in [0.15, 0.2) is 0 Å². The molecule has 158 valence electrons. The highest BCUT2D eigenvalue weighted by molar-refractivity contribution is 6.35. The van der Waals surface area contributed by atoms with Crippen molar-refractivity contribution < 1.29 is 14.6 Å². The molecule has 10 heteroatoms. The van der Waals surface area contributed by atoms with Gasteiger partial charge in [-0.3, -0.25) is 14.5 Å². The fourth-order valence-electron chi connectivity index (χ4n) is 3.26. The van der Waals surface area contributed by atoms with E-state index in [2.05, 4.69) is 20.5 Å². The number of nitrogens with zero attached hydrogens (tertiary/aromatic N) is 3. The van der Waals surface area contributed by atoms with Gasteiger partial charge in [-0.25, -0.2) is 9.78 Å². The molecule has 2 heterocycles. The fourth-order valence-corrected chi connectivity index (χ4v) is 3.51. The van der Waals surface area contributed by atoms with Gasteiger partial charge in [0.2, 0.25) is 0 Å². The van der Waals surface area contributed by atoms with E-state index in [1.165, 1.54) is 17.0 Å². The molecule has 0 saturated heterocycles. The lowest BCUT2D eigenvalue weighted by Crippen LogP contribution is -2.36. The lowest BCUT2D eigenvalue weighted by molar-refractivity contribution is 0.0937. The molecule has 2 aromatic carbocycles. The first kappa shape index (κ1) is 20.6. The number of fused-ring (bicyclic) bond motifs is 1. The Bertz CT molecular complexity index is 1260. The smallest absolute Gasteiger partial charge is 0.405 e. The number of carboxylic acid groups (broad SMARTS) is 1. The quantitative estimate of drug-likeness (QED) is 0.406. The predicted octanol–water partition coefficient (Wildman–Crippen LogP) is 3.29. The highest BCUT2D eigenvalue weighted by atomic mass is 35.5. The number of H-pyrrole nitrogens is 1. The highest BCUT2D eigenvalue weighted by Gasteiger charge is 2.24. The Balaban J connectivity index is 1.78. The van der Waals surface area contributed by atoms with E-state index in [1.807, 2.05) is 30.3 Å². The number of carbonyl (C=O) groups is 1. The summed E-state index contributed by atoms with van der Waals surface area (Å²) in [5, 5.41) is 18.8. The lowest BCUT2D eigenvalue weighted by atomic mass is 10.2. The number of rotatable bonds is 7. The van der Waals surface area contributed by atoms with Crippen LogP contribution in [0.5, 0.6) is 0 Å². The van der Waals surface area contributed by atoms with E-state index in [4.69, 9.17) is 16.3 Å². The van der Waals surface area contributed by atoms with Crippen molar-refractivity contribution in [2.45, 2.75) is 12.6 Å². The number of benzene rings is 2. The van der Waals surface area contributed by atoms with Crippen LogP contribution in [0.15, 0.2) is 65.7 Å². The van der Waals surface area contributed by atoms with Crippen LogP contribution in [0.25, 0.3) is 16.6 Å². The van der Waals surface area contributed by atoms with Crippen LogP contribution in [-0.4, -0.2) is 37.6 Å². The highest BCUT2D eigenvalue weighted by Crippen LogP contribution is 2.23. The summed E-state index contributed by atoms with van der Waals surface area (Å²) in [4.78, 5) is 29.4. The van der Waals surface area contributed by atoms with Gasteiger partial charge in [0, 0.05) is 6.20 Å². The van der Waals surface area contributed by atoms with Crippen LogP contribution in [0.2, 0.25) is 5.02 Å². The largest absolute Gasteiger partial charge is 0.465 e. The second-order valence-corrected chi connectivity index (χ2v) is 7.11. The summed E-state index contributed by atoms with van der Waals surface area (Å²) >= 11 is 6.25. The molecule has 2 aromatic heterocycles. The summed E-state index contributed by atoms with van der Waals surface area (Å²) in [6, 6.07) is 13.5. The molecule has 1 amide bonds. The number of hydrogen-bond donors (Lipinski definition) is 3. The minimum Gasteiger partial charge on any atom is -0.465 e. The van der Waals surface area contributed by atoms with Crippen LogP contribution in [0.3, 0.4) is 0 Å². The second-order valence-electron chi connectivity index (χ2n) is 6.70. The number of aromatic amines is 1. The molecule has 0 fully saturated rings. The molecule has 4 rings (SSSR count). The summed E-state index contributed by atoms with van der Waals surface area (Å²) in [7, 11) is 0. The fraction of sp³-hybridized carbons (Fsp3) is 0.143. The van der Waals surface area contributed by atoms with Crippen molar-refractivity contribution in [1.82, 2.24) is 25.1 Å². The SMILES string of the molecule is O=C(O)NC(COCc1ccccc1)c1nc2cccc(Cl)c2c(=O)n1-c1cn[nH]c1. The summed E-state index contributed by atoms with van der Waals surface area (Å²) < 4.78 is 7.04. The number of aromatic nitrogens is 4. The minimum absolute atomic E-state index is 0.0441. The molecule has 4 aromatic rings. The predicted molar refractivity (Wildman–Crippen MR) is 114 cm³/mol. The van der Waals surface area contributed by atoms with Crippen molar-refractivity contribution in [3.63, 3.8) is 0 Å². The summed E-state index contributed by atoms with van der Waals surface area (Å²) in [6.07, 6.45) is 1.68. The Kier molecular flexibility index (Phi) is 5.96. The van der Waals surface area contributed by atoms with Gasteiger partial charge >= 0.3 is 6.09 Å². The molecule has 3 N–H and O–H groups in total. The zero-order valence-corrected chi connectivity index (χ0v) is 16.9. The Morgan fingerprint density at radius 1 is 1.23 bits per heavy atom. The van der Waals surface area contributed by atoms with Gasteiger partial charge < -0.3 is 15.2 Å². The zero-order chi connectivity index (χ0) is 21.8. The van der Waals surface area contributed by atoms with Gasteiger partial charge in [0.05, 0.1) is 41.0 Å². The van der Waals surface area contributed by atoms with Crippen LogP contribution < -0.4 is 10.9 Å². The van der Waals surface area contributed by atoms with Crippen molar-refractivity contribution >= 4 is 28.6 Å². The third-order valence-corrected chi connectivity index (χ3v) is 4.94. The van der Waals surface area contributed by atoms with E-state index < -0.39 is 17.7 Å². The van der Waals surface area contributed by atoms with Crippen molar-refractivity contribution in [3.05, 3.63) is 87.7 Å². The monoisotopic (exact) mass is 439 g/mol. The Morgan fingerprint density at radius 2 is 2.03 bits per heavy atom. The maximum atomic E-state index is 13.3. The molecule has 0 radical (unpaired) electrons. The van der Waals surface area contributed by atoms with E-state index in [9.17, 15) is 14.7 Å². The van der Waals surface area contributed by atoms with Crippen molar-refractivity contribution in [3.8, 4) is 5.69 Å². The van der Waals surface area contributed by atoms with Crippen molar-refractivity contribution in [1.29, 1.82) is 0 Å². The van der Waals surface area contributed by atoms with E-state index >= 15 is 0 Å². The number of ether oxygens (including phenoxy) is 1. The first-order chi connectivity index (χ1) is 15.0. The van der Waals surface area contributed by atoms with E-state index in [0.717, 1.165) is 5.56 Å². The second kappa shape index (κ2) is 8.99. The normalized spacial score (nSPS) is 12.0. The lowest BCUT2D eigenvalue weighted by Gasteiger charge is -2.21. The van der Waals surface area contributed by atoms with Crippen LogP contribution in [0.4, 0.5) is 4.79 Å². The molecule has 0 spiro atoms. The molecule has 0 bridgehead atoms. The number of hydrogen-bond acceptors (Lipinski definition) is 5. The topological polar surface area (TPSA) is 122 Å². The molecular formula is C21H18ClN5O4. The van der Waals surface area contributed by atoms with E-state index in [0.29, 0.717) is 11.2 Å².